The molecule has 1 aromatic carbocycles. The molecule has 2 unspecified atom stereocenters. The fraction of sp³-hybridized carbons (Fsp3) is 0.538. The maximum atomic E-state index is 9.99. The number of benzene rings is 1. The molecule has 18 heavy (non-hydrogen) atoms. The van der Waals surface area contributed by atoms with E-state index in [-0.39, 0.29) is 12.7 Å². The molecule has 0 aliphatic carbocycles. The van der Waals surface area contributed by atoms with E-state index in [0.29, 0.717) is 11.2 Å². The molecule has 98 valence electrons. The predicted molar refractivity (Wildman–Crippen MR) is 70.1 cm³/mol. The van der Waals surface area contributed by atoms with E-state index in [0.717, 1.165) is 17.5 Å². The van der Waals surface area contributed by atoms with Gasteiger partial charge in [0.15, 0.2) is 0 Å². The lowest BCUT2D eigenvalue weighted by atomic mass is 9.77. The molecule has 1 aliphatic heterocycles. The molecule has 0 bridgehead atoms. The topological polar surface area (TPSA) is 58.9 Å². The SMILES string of the molecule is CCC1OB(O)c2c(OCC(C)O)ccc(C)c21. The van der Waals surface area contributed by atoms with Crippen molar-refractivity contribution >= 4 is 12.6 Å². The van der Waals surface area contributed by atoms with Gasteiger partial charge in [-0.2, -0.15) is 0 Å². The number of ether oxygens (including phenoxy) is 1. The van der Waals surface area contributed by atoms with Crippen molar-refractivity contribution in [2.75, 3.05) is 6.61 Å². The molecule has 0 radical (unpaired) electrons. The van der Waals surface area contributed by atoms with E-state index in [4.69, 9.17) is 9.39 Å². The Balaban J connectivity index is 2.36. The summed E-state index contributed by atoms with van der Waals surface area (Å²) in [5.74, 6) is 0.597. The highest BCUT2D eigenvalue weighted by Crippen LogP contribution is 2.32. The maximum absolute atomic E-state index is 9.99. The summed E-state index contributed by atoms with van der Waals surface area (Å²) >= 11 is 0. The van der Waals surface area contributed by atoms with Crippen LogP contribution in [-0.2, 0) is 4.65 Å². The Morgan fingerprint density at radius 1 is 1.50 bits per heavy atom. The van der Waals surface area contributed by atoms with Gasteiger partial charge < -0.3 is 19.5 Å². The molecule has 5 heteroatoms. The van der Waals surface area contributed by atoms with Gasteiger partial charge in [0, 0.05) is 5.46 Å². The summed E-state index contributed by atoms with van der Waals surface area (Å²) in [5.41, 5.74) is 2.83. The zero-order chi connectivity index (χ0) is 13.3. The minimum Gasteiger partial charge on any atom is -0.491 e. The standard InChI is InChI=1S/C13H19BO4/c1-4-10-12-8(2)5-6-11(17-7-9(3)15)13(12)14(16)18-10/h5-6,9-10,15-16H,4,7H2,1-3H3. The average molecular weight is 250 g/mol. The number of aryl methyl sites for hydroxylation is 1. The van der Waals surface area contributed by atoms with E-state index in [1.165, 1.54) is 0 Å². The summed E-state index contributed by atoms with van der Waals surface area (Å²) < 4.78 is 11.1. The lowest BCUT2D eigenvalue weighted by Gasteiger charge is -2.15. The molecular formula is C13H19BO4. The molecule has 2 atom stereocenters. The zero-order valence-corrected chi connectivity index (χ0v) is 11.0. The Kier molecular flexibility index (Phi) is 3.95. The van der Waals surface area contributed by atoms with Crippen LogP contribution in [0.15, 0.2) is 12.1 Å². The maximum Gasteiger partial charge on any atom is 0.495 e. The van der Waals surface area contributed by atoms with Gasteiger partial charge in [0.1, 0.15) is 12.4 Å². The summed E-state index contributed by atoms with van der Waals surface area (Å²) in [4.78, 5) is 0. The third kappa shape index (κ3) is 2.39. The monoisotopic (exact) mass is 250 g/mol. The molecule has 0 amide bonds. The van der Waals surface area contributed by atoms with Gasteiger partial charge in [-0.05, 0) is 37.5 Å². The first-order valence-electron chi connectivity index (χ1n) is 6.32. The second-order valence-electron chi connectivity index (χ2n) is 4.75. The van der Waals surface area contributed by atoms with Crippen molar-refractivity contribution in [1.82, 2.24) is 0 Å². The van der Waals surface area contributed by atoms with Crippen molar-refractivity contribution in [2.45, 2.75) is 39.4 Å². The van der Waals surface area contributed by atoms with Crippen LogP contribution in [0.25, 0.3) is 0 Å². The van der Waals surface area contributed by atoms with E-state index >= 15 is 0 Å². The summed E-state index contributed by atoms with van der Waals surface area (Å²) in [6.45, 7) is 5.89. The third-order valence-corrected chi connectivity index (χ3v) is 3.18. The Hall–Kier alpha value is -1.04. The molecule has 2 rings (SSSR count). The van der Waals surface area contributed by atoms with Crippen LogP contribution in [0.4, 0.5) is 0 Å². The van der Waals surface area contributed by atoms with Crippen LogP contribution < -0.4 is 10.2 Å². The van der Waals surface area contributed by atoms with Crippen LogP contribution in [0.3, 0.4) is 0 Å². The van der Waals surface area contributed by atoms with Gasteiger partial charge in [-0.1, -0.05) is 13.0 Å². The highest BCUT2D eigenvalue weighted by atomic mass is 16.5. The quantitative estimate of drug-likeness (QED) is 0.780. The number of aliphatic hydroxyl groups excluding tert-OH is 1. The minimum absolute atomic E-state index is 0.0786. The smallest absolute Gasteiger partial charge is 0.491 e. The van der Waals surface area contributed by atoms with Crippen LogP contribution in [0, 0.1) is 6.92 Å². The zero-order valence-electron chi connectivity index (χ0n) is 11.0. The Morgan fingerprint density at radius 2 is 2.22 bits per heavy atom. The fourth-order valence-corrected chi connectivity index (χ4v) is 2.34. The number of rotatable bonds is 4. The number of hydrogen-bond acceptors (Lipinski definition) is 4. The number of hydrogen-bond donors (Lipinski definition) is 2. The van der Waals surface area contributed by atoms with Crippen LogP contribution >= 0.6 is 0 Å². The first kappa shape index (κ1) is 13.4. The summed E-state index contributed by atoms with van der Waals surface area (Å²) in [5, 5.41) is 19.3. The summed E-state index contributed by atoms with van der Waals surface area (Å²) in [7, 11) is -0.936. The summed E-state index contributed by atoms with van der Waals surface area (Å²) in [6, 6.07) is 3.78. The van der Waals surface area contributed by atoms with E-state index in [1.54, 1.807) is 6.92 Å². The van der Waals surface area contributed by atoms with E-state index in [9.17, 15) is 10.1 Å². The van der Waals surface area contributed by atoms with E-state index in [1.807, 2.05) is 26.0 Å². The van der Waals surface area contributed by atoms with Crippen molar-refractivity contribution in [2.24, 2.45) is 0 Å². The average Bonchev–Trinajstić information content (AvgIpc) is 2.67. The van der Waals surface area contributed by atoms with Crippen molar-refractivity contribution < 1.29 is 19.5 Å². The van der Waals surface area contributed by atoms with Crippen LogP contribution in [0.1, 0.15) is 37.5 Å². The predicted octanol–water partition coefficient (Wildman–Crippen LogP) is 0.923. The van der Waals surface area contributed by atoms with Gasteiger partial charge in [-0.25, -0.2) is 0 Å². The number of fused-ring (bicyclic) bond motifs is 1. The lowest BCUT2D eigenvalue weighted by Crippen LogP contribution is -2.31. The van der Waals surface area contributed by atoms with Crippen molar-refractivity contribution in [1.29, 1.82) is 0 Å². The van der Waals surface area contributed by atoms with Gasteiger partial charge in [-0.15, -0.1) is 0 Å². The fourth-order valence-electron chi connectivity index (χ4n) is 2.34. The first-order chi connectivity index (χ1) is 8.54. The van der Waals surface area contributed by atoms with Gasteiger partial charge in [-0.3, -0.25) is 0 Å². The van der Waals surface area contributed by atoms with Crippen molar-refractivity contribution in [3.05, 3.63) is 23.3 Å². The molecule has 0 spiro atoms. The Morgan fingerprint density at radius 3 is 2.83 bits per heavy atom. The Labute approximate surface area is 108 Å². The van der Waals surface area contributed by atoms with E-state index < -0.39 is 13.2 Å². The Bertz CT molecular complexity index is 433. The van der Waals surface area contributed by atoms with Crippen molar-refractivity contribution in [3.63, 3.8) is 0 Å². The van der Waals surface area contributed by atoms with Crippen LogP contribution in [0.5, 0.6) is 5.75 Å². The highest BCUT2D eigenvalue weighted by molar-refractivity contribution is 6.63. The normalized spacial score (nSPS) is 19.8. The van der Waals surface area contributed by atoms with Crippen LogP contribution in [-0.4, -0.2) is 30.0 Å². The minimum atomic E-state index is -0.936. The second kappa shape index (κ2) is 5.30. The number of aliphatic hydroxyl groups is 1. The third-order valence-electron chi connectivity index (χ3n) is 3.18. The van der Waals surface area contributed by atoms with Gasteiger partial charge >= 0.3 is 7.12 Å². The molecule has 1 aromatic rings. The van der Waals surface area contributed by atoms with Crippen LogP contribution in [0.2, 0.25) is 0 Å². The molecular weight excluding hydrogens is 231 g/mol. The first-order valence-corrected chi connectivity index (χ1v) is 6.32. The van der Waals surface area contributed by atoms with Gasteiger partial charge in [0.05, 0.1) is 12.2 Å². The summed E-state index contributed by atoms with van der Waals surface area (Å²) in [6.07, 6.45) is 0.193. The van der Waals surface area contributed by atoms with E-state index in [2.05, 4.69) is 0 Å². The van der Waals surface area contributed by atoms with Crippen molar-refractivity contribution in [3.8, 4) is 5.75 Å². The van der Waals surface area contributed by atoms with Gasteiger partial charge in [0.25, 0.3) is 0 Å². The molecule has 4 nitrogen and oxygen atoms in total. The molecule has 1 heterocycles. The molecule has 0 aromatic heterocycles. The lowest BCUT2D eigenvalue weighted by molar-refractivity contribution is 0.123. The molecule has 0 saturated carbocycles. The molecule has 1 aliphatic rings. The molecule has 2 N–H and O–H groups in total. The molecule has 0 saturated heterocycles. The van der Waals surface area contributed by atoms with Gasteiger partial charge in [0.2, 0.25) is 0 Å². The highest BCUT2D eigenvalue weighted by Gasteiger charge is 2.38. The largest absolute Gasteiger partial charge is 0.495 e. The second-order valence-corrected chi connectivity index (χ2v) is 4.75. The molecule has 0 fully saturated rings.